The zero-order chi connectivity index (χ0) is 21.9. The van der Waals surface area contributed by atoms with E-state index in [0.717, 1.165) is 36.9 Å². The number of ether oxygens (including phenoxy) is 1. The SMILES string of the molecule is CCNC(=NCc1ccccc1OC)NCCC(=O)N1CCN(c2ncccn2)CC1. The van der Waals surface area contributed by atoms with E-state index in [2.05, 4.69) is 30.5 Å². The summed E-state index contributed by atoms with van der Waals surface area (Å²) in [6.07, 6.45) is 3.90. The first kappa shape index (κ1) is 22.3. The van der Waals surface area contributed by atoms with Crippen LogP contribution >= 0.6 is 0 Å². The Labute approximate surface area is 183 Å². The van der Waals surface area contributed by atoms with Gasteiger partial charge in [0.2, 0.25) is 11.9 Å². The van der Waals surface area contributed by atoms with Crippen molar-refractivity contribution >= 4 is 17.8 Å². The lowest BCUT2D eigenvalue weighted by atomic mass is 10.2. The van der Waals surface area contributed by atoms with Crippen molar-refractivity contribution in [2.75, 3.05) is 51.3 Å². The number of nitrogens with zero attached hydrogens (tertiary/aromatic N) is 5. The first-order valence-electron chi connectivity index (χ1n) is 10.6. The first-order valence-corrected chi connectivity index (χ1v) is 10.6. The van der Waals surface area contributed by atoms with E-state index < -0.39 is 0 Å². The number of anilines is 1. The third-order valence-electron chi connectivity index (χ3n) is 5.04. The molecule has 3 rings (SSSR count). The number of rotatable bonds is 8. The highest BCUT2D eigenvalue weighted by Gasteiger charge is 2.22. The van der Waals surface area contributed by atoms with Crippen molar-refractivity contribution in [1.29, 1.82) is 0 Å². The van der Waals surface area contributed by atoms with Gasteiger partial charge in [0.1, 0.15) is 5.75 Å². The van der Waals surface area contributed by atoms with Gasteiger partial charge >= 0.3 is 0 Å². The van der Waals surface area contributed by atoms with Crippen LogP contribution in [0.25, 0.3) is 0 Å². The molecule has 0 atom stereocenters. The third kappa shape index (κ3) is 6.56. The fourth-order valence-electron chi connectivity index (χ4n) is 3.40. The molecule has 2 N–H and O–H groups in total. The average molecular weight is 426 g/mol. The number of benzene rings is 1. The van der Waals surface area contributed by atoms with Crippen molar-refractivity contribution in [1.82, 2.24) is 25.5 Å². The number of methoxy groups -OCH3 is 1. The molecule has 1 fully saturated rings. The Morgan fingerprint density at radius 1 is 1.10 bits per heavy atom. The van der Waals surface area contributed by atoms with Crippen LogP contribution in [-0.4, -0.2) is 73.1 Å². The third-order valence-corrected chi connectivity index (χ3v) is 5.04. The maximum Gasteiger partial charge on any atom is 0.225 e. The van der Waals surface area contributed by atoms with E-state index in [4.69, 9.17) is 4.74 Å². The normalized spacial score (nSPS) is 14.3. The molecule has 1 aromatic carbocycles. The van der Waals surface area contributed by atoms with Gasteiger partial charge in [0.05, 0.1) is 13.7 Å². The standard InChI is InChI=1S/C22H31N7O2/c1-3-23-21(27-17-18-7-4-5-8-19(18)31-2)24-12-9-20(30)28-13-15-29(16-14-28)22-25-10-6-11-26-22/h4-8,10-11H,3,9,12-17H2,1-2H3,(H2,23,24,27). The summed E-state index contributed by atoms with van der Waals surface area (Å²) in [5.41, 5.74) is 1.01. The largest absolute Gasteiger partial charge is 0.496 e. The van der Waals surface area contributed by atoms with Crippen molar-refractivity contribution in [3.05, 3.63) is 48.3 Å². The number of amides is 1. The summed E-state index contributed by atoms with van der Waals surface area (Å²) in [5.74, 6) is 2.36. The summed E-state index contributed by atoms with van der Waals surface area (Å²) >= 11 is 0. The lowest BCUT2D eigenvalue weighted by molar-refractivity contribution is -0.131. The number of nitrogens with one attached hydrogen (secondary N) is 2. The zero-order valence-electron chi connectivity index (χ0n) is 18.3. The molecule has 1 aromatic heterocycles. The molecule has 0 radical (unpaired) electrons. The van der Waals surface area contributed by atoms with Crippen molar-refractivity contribution < 1.29 is 9.53 Å². The highest BCUT2D eigenvalue weighted by molar-refractivity contribution is 5.81. The molecule has 9 heteroatoms. The highest BCUT2D eigenvalue weighted by atomic mass is 16.5. The number of carbonyl (C=O) groups excluding carboxylic acids is 1. The predicted octanol–water partition coefficient (Wildman–Crippen LogP) is 1.28. The molecule has 31 heavy (non-hydrogen) atoms. The molecule has 0 aliphatic carbocycles. The lowest BCUT2D eigenvalue weighted by Crippen LogP contribution is -2.50. The molecule has 9 nitrogen and oxygen atoms in total. The van der Waals surface area contributed by atoms with Crippen LogP contribution in [0.3, 0.4) is 0 Å². The second-order valence-corrected chi connectivity index (χ2v) is 7.10. The Morgan fingerprint density at radius 2 is 1.84 bits per heavy atom. The minimum absolute atomic E-state index is 0.140. The Morgan fingerprint density at radius 3 is 2.55 bits per heavy atom. The maximum atomic E-state index is 12.6. The second kappa shape index (κ2) is 11.7. The minimum Gasteiger partial charge on any atom is -0.496 e. The molecule has 0 unspecified atom stereocenters. The van der Waals surface area contributed by atoms with Crippen molar-refractivity contribution in [2.24, 2.45) is 4.99 Å². The van der Waals surface area contributed by atoms with Gasteiger partial charge in [-0.2, -0.15) is 0 Å². The van der Waals surface area contributed by atoms with Crippen molar-refractivity contribution in [3.8, 4) is 5.75 Å². The summed E-state index contributed by atoms with van der Waals surface area (Å²) in [4.78, 5) is 29.8. The number of aliphatic imine (C=N–C) groups is 1. The van der Waals surface area contributed by atoms with E-state index >= 15 is 0 Å². The maximum absolute atomic E-state index is 12.6. The van der Waals surface area contributed by atoms with E-state index in [1.165, 1.54) is 0 Å². The monoisotopic (exact) mass is 425 g/mol. The van der Waals surface area contributed by atoms with Crippen molar-refractivity contribution in [2.45, 2.75) is 19.9 Å². The van der Waals surface area contributed by atoms with Gasteiger partial charge in [-0.25, -0.2) is 15.0 Å². The van der Waals surface area contributed by atoms with Gasteiger partial charge in [-0.1, -0.05) is 18.2 Å². The number of hydrogen-bond donors (Lipinski definition) is 2. The summed E-state index contributed by atoms with van der Waals surface area (Å²) in [6, 6.07) is 9.63. The van der Waals surface area contributed by atoms with Gasteiger partial charge in [0.15, 0.2) is 5.96 Å². The van der Waals surface area contributed by atoms with E-state index in [9.17, 15) is 4.79 Å². The smallest absolute Gasteiger partial charge is 0.225 e. The molecule has 166 valence electrons. The fourth-order valence-corrected chi connectivity index (χ4v) is 3.40. The Hall–Kier alpha value is -3.36. The van der Waals surface area contributed by atoms with Crippen LogP contribution in [0.2, 0.25) is 0 Å². The van der Waals surface area contributed by atoms with Crippen LogP contribution in [-0.2, 0) is 11.3 Å². The van der Waals surface area contributed by atoms with Crippen LogP contribution in [0.4, 0.5) is 5.95 Å². The summed E-state index contributed by atoms with van der Waals surface area (Å²) in [5, 5.41) is 6.47. The molecule has 0 saturated carbocycles. The van der Waals surface area contributed by atoms with Crippen LogP contribution in [0.15, 0.2) is 47.7 Å². The Bertz CT molecular complexity index is 852. The number of hydrogen-bond acceptors (Lipinski definition) is 6. The van der Waals surface area contributed by atoms with Gasteiger partial charge in [-0.05, 0) is 19.1 Å². The molecule has 2 heterocycles. The molecule has 2 aromatic rings. The van der Waals surface area contributed by atoms with E-state index in [0.29, 0.717) is 38.6 Å². The molecule has 1 amide bonds. The fraction of sp³-hybridized carbons (Fsp3) is 0.455. The summed E-state index contributed by atoms with van der Waals surface area (Å²) < 4.78 is 5.38. The summed E-state index contributed by atoms with van der Waals surface area (Å²) in [7, 11) is 1.66. The highest BCUT2D eigenvalue weighted by Crippen LogP contribution is 2.17. The average Bonchev–Trinajstić information content (AvgIpc) is 2.83. The lowest BCUT2D eigenvalue weighted by Gasteiger charge is -2.34. The number of guanidine groups is 1. The second-order valence-electron chi connectivity index (χ2n) is 7.10. The number of para-hydroxylation sites is 1. The van der Waals surface area contributed by atoms with E-state index in [1.54, 1.807) is 25.6 Å². The van der Waals surface area contributed by atoms with Crippen molar-refractivity contribution in [3.63, 3.8) is 0 Å². The van der Waals surface area contributed by atoms with Crippen LogP contribution in [0, 0.1) is 0 Å². The molecular formula is C22H31N7O2. The number of piperazine rings is 1. The number of carbonyl (C=O) groups is 1. The van der Waals surface area contributed by atoms with Gasteiger partial charge in [0.25, 0.3) is 0 Å². The first-order chi connectivity index (χ1) is 15.2. The topological polar surface area (TPSA) is 95.0 Å². The van der Waals surface area contributed by atoms with Crippen LogP contribution in [0.5, 0.6) is 5.75 Å². The predicted molar refractivity (Wildman–Crippen MR) is 121 cm³/mol. The van der Waals surface area contributed by atoms with Gasteiger partial charge < -0.3 is 25.2 Å². The van der Waals surface area contributed by atoms with Crippen LogP contribution in [0.1, 0.15) is 18.9 Å². The van der Waals surface area contributed by atoms with E-state index in [-0.39, 0.29) is 5.91 Å². The zero-order valence-corrected chi connectivity index (χ0v) is 18.3. The molecule has 0 spiro atoms. The molecule has 1 aliphatic heterocycles. The molecular weight excluding hydrogens is 394 g/mol. The van der Waals surface area contributed by atoms with Gasteiger partial charge in [-0.3, -0.25) is 4.79 Å². The summed E-state index contributed by atoms with van der Waals surface area (Å²) in [6.45, 7) is 6.63. The van der Waals surface area contributed by atoms with E-state index in [1.807, 2.05) is 36.1 Å². The molecule has 1 aliphatic rings. The van der Waals surface area contributed by atoms with Crippen LogP contribution < -0.4 is 20.3 Å². The Kier molecular flexibility index (Phi) is 8.45. The quantitative estimate of drug-likeness (QED) is 0.486. The number of aromatic nitrogens is 2. The molecule has 0 bridgehead atoms. The van der Waals surface area contributed by atoms with Gasteiger partial charge in [0, 0.05) is 63.6 Å². The minimum atomic E-state index is 0.140. The van der Waals surface area contributed by atoms with Gasteiger partial charge in [-0.15, -0.1) is 0 Å². The Balaban J connectivity index is 1.44. The molecule has 1 saturated heterocycles.